The lowest BCUT2D eigenvalue weighted by atomic mass is 10.1. The molecule has 0 aliphatic heterocycles. The van der Waals surface area contributed by atoms with Gasteiger partial charge in [-0.3, -0.25) is 0 Å². The molecule has 0 spiro atoms. The van der Waals surface area contributed by atoms with Crippen molar-refractivity contribution in [1.29, 1.82) is 0 Å². The molecule has 0 radical (unpaired) electrons. The molecule has 1 atom stereocenters. The summed E-state index contributed by atoms with van der Waals surface area (Å²) in [5, 5.41) is 0. The van der Waals surface area contributed by atoms with Gasteiger partial charge >= 0.3 is 6.18 Å². The van der Waals surface area contributed by atoms with Crippen molar-refractivity contribution in [2.24, 2.45) is 5.92 Å². The Morgan fingerprint density at radius 1 is 0.774 bits per heavy atom. The van der Waals surface area contributed by atoms with Crippen molar-refractivity contribution in [3.63, 3.8) is 0 Å². The summed E-state index contributed by atoms with van der Waals surface area (Å²) in [6, 6.07) is 17.3. The molecule has 3 aromatic carbocycles. The van der Waals surface area contributed by atoms with E-state index in [9.17, 15) is 22.0 Å². The van der Waals surface area contributed by atoms with Gasteiger partial charge in [0.2, 0.25) is 0 Å². The average Bonchev–Trinajstić information content (AvgIpc) is 2.72. The third-order valence-corrected chi connectivity index (χ3v) is 4.26. The average molecular weight is 438 g/mol. The molecule has 0 N–H and O–H groups in total. The van der Waals surface area contributed by atoms with Crippen LogP contribution in [0.3, 0.4) is 0 Å². The van der Waals surface area contributed by atoms with Gasteiger partial charge in [-0.05, 0) is 42.0 Å². The summed E-state index contributed by atoms with van der Waals surface area (Å²) < 4.78 is 82.7. The van der Waals surface area contributed by atoms with Crippen molar-refractivity contribution >= 4 is 0 Å². The Labute approximate surface area is 176 Å². The van der Waals surface area contributed by atoms with Crippen LogP contribution in [-0.2, 0) is 11.3 Å². The molecule has 0 fully saturated rings. The highest BCUT2D eigenvalue weighted by atomic mass is 19.4. The van der Waals surface area contributed by atoms with Gasteiger partial charge in [0.15, 0.2) is 11.6 Å². The number of halogens is 5. The summed E-state index contributed by atoms with van der Waals surface area (Å²) in [6.45, 7) is -1.58. The fourth-order valence-electron chi connectivity index (χ4n) is 2.64. The number of rotatable bonds is 9. The van der Waals surface area contributed by atoms with Crippen molar-refractivity contribution in [2.45, 2.75) is 12.8 Å². The number of ether oxygens (including phenoxy) is 3. The first-order valence-corrected chi connectivity index (χ1v) is 9.35. The van der Waals surface area contributed by atoms with Crippen LogP contribution in [0.15, 0.2) is 72.8 Å². The van der Waals surface area contributed by atoms with E-state index in [4.69, 9.17) is 14.2 Å². The van der Waals surface area contributed by atoms with Crippen LogP contribution in [0.25, 0.3) is 0 Å². The minimum Gasteiger partial charge on any atom is -0.493 e. The first-order valence-electron chi connectivity index (χ1n) is 9.35. The van der Waals surface area contributed by atoms with Gasteiger partial charge in [-0.2, -0.15) is 13.2 Å². The quantitative estimate of drug-likeness (QED) is 0.356. The molecule has 0 bridgehead atoms. The van der Waals surface area contributed by atoms with Crippen molar-refractivity contribution in [3.8, 4) is 17.2 Å². The molecule has 3 rings (SSSR count). The standard InChI is InChI=1S/C23H19F5O3/c24-18-5-4-8-20(12-18)30-15-17(23(26,27)28)14-29-13-16-9-10-21(25)22(11-16)31-19-6-2-1-3-7-19/h1-12,17H,13-15H2. The fourth-order valence-corrected chi connectivity index (χ4v) is 2.64. The maximum Gasteiger partial charge on any atom is 0.397 e. The van der Waals surface area contributed by atoms with Crippen LogP contribution in [0.1, 0.15) is 5.56 Å². The van der Waals surface area contributed by atoms with E-state index in [2.05, 4.69) is 0 Å². The Balaban J connectivity index is 1.58. The van der Waals surface area contributed by atoms with Crippen LogP contribution < -0.4 is 9.47 Å². The minimum atomic E-state index is -4.57. The molecular weight excluding hydrogens is 419 g/mol. The van der Waals surface area contributed by atoms with Gasteiger partial charge in [0.05, 0.1) is 13.2 Å². The molecule has 0 aliphatic carbocycles. The van der Waals surface area contributed by atoms with Gasteiger partial charge in [0.1, 0.15) is 29.8 Å². The molecular formula is C23H19F5O3. The summed E-state index contributed by atoms with van der Waals surface area (Å²) in [7, 11) is 0. The van der Waals surface area contributed by atoms with Gasteiger partial charge in [-0.15, -0.1) is 0 Å². The highest BCUT2D eigenvalue weighted by Crippen LogP contribution is 2.29. The molecule has 164 valence electrons. The predicted molar refractivity (Wildman–Crippen MR) is 104 cm³/mol. The maximum atomic E-state index is 14.0. The number of alkyl halides is 3. The Morgan fingerprint density at radius 2 is 1.52 bits per heavy atom. The van der Waals surface area contributed by atoms with E-state index in [1.807, 2.05) is 0 Å². The van der Waals surface area contributed by atoms with E-state index in [-0.39, 0.29) is 18.1 Å². The second kappa shape index (κ2) is 10.3. The van der Waals surface area contributed by atoms with Crippen LogP contribution in [0.2, 0.25) is 0 Å². The number of hydrogen-bond donors (Lipinski definition) is 0. The molecule has 3 nitrogen and oxygen atoms in total. The molecule has 0 saturated heterocycles. The van der Waals surface area contributed by atoms with Gasteiger partial charge in [-0.1, -0.05) is 30.3 Å². The van der Waals surface area contributed by atoms with Gasteiger partial charge in [-0.25, -0.2) is 8.78 Å². The predicted octanol–water partition coefficient (Wildman–Crippen LogP) is 6.53. The zero-order valence-corrected chi connectivity index (χ0v) is 16.2. The molecule has 0 aliphatic rings. The lowest BCUT2D eigenvalue weighted by molar-refractivity contribution is -0.196. The van der Waals surface area contributed by atoms with Gasteiger partial charge in [0.25, 0.3) is 0 Å². The largest absolute Gasteiger partial charge is 0.493 e. The Bertz CT molecular complexity index is 976. The van der Waals surface area contributed by atoms with Crippen molar-refractivity contribution < 1.29 is 36.2 Å². The van der Waals surface area contributed by atoms with E-state index in [0.717, 1.165) is 18.2 Å². The highest BCUT2D eigenvalue weighted by molar-refractivity contribution is 5.35. The molecule has 31 heavy (non-hydrogen) atoms. The van der Waals surface area contributed by atoms with Crippen molar-refractivity contribution in [1.82, 2.24) is 0 Å². The zero-order chi connectivity index (χ0) is 22.3. The SMILES string of the molecule is Fc1cccc(OCC(COCc2ccc(F)c(Oc3ccccc3)c2)C(F)(F)F)c1. The number of hydrogen-bond acceptors (Lipinski definition) is 3. The van der Waals surface area contributed by atoms with Crippen LogP contribution >= 0.6 is 0 Å². The normalized spacial score (nSPS) is 12.4. The lowest BCUT2D eigenvalue weighted by Crippen LogP contribution is -2.32. The molecule has 3 aromatic rings. The summed E-state index contributed by atoms with van der Waals surface area (Å²) in [5.74, 6) is -2.78. The van der Waals surface area contributed by atoms with Crippen molar-refractivity contribution in [2.75, 3.05) is 13.2 Å². The van der Waals surface area contributed by atoms with Gasteiger partial charge < -0.3 is 14.2 Å². The number of benzene rings is 3. The molecule has 0 aromatic heterocycles. The van der Waals surface area contributed by atoms with E-state index >= 15 is 0 Å². The van der Waals surface area contributed by atoms with E-state index in [0.29, 0.717) is 11.3 Å². The summed E-state index contributed by atoms with van der Waals surface area (Å²) in [6.07, 6.45) is -4.57. The molecule has 0 saturated carbocycles. The highest BCUT2D eigenvalue weighted by Gasteiger charge is 2.40. The van der Waals surface area contributed by atoms with Crippen molar-refractivity contribution in [3.05, 3.63) is 90.0 Å². The zero-order valence-electron chi connectivity index (χ0n) is 16.2. The van der Waals surface area contributed by atoms with Crippen LogP contribution in [0.4, 0.5) is 22.0 Å². The summed E-state index contributed by atoms with van der Waals surface area (Å²) in [4.78, 5) is 0. The second-order valence-electron chi connectivity index (χ2n) is 6.70. The molecule has 0 amide bonds. The fraction of sp³-hybridized carbons (Fsp3) is 0.217. The first kappa shape index (κ1) is 22.6. The maximum absolute atomic E-state index is 14.0. The smallest absolute Gasteiger partial charge is 0.397 e. The van der Waals surface area contributed by atoms with E-state index in [1.165, 1.54) is 24.3 Å². The van der Waals surface area contributed by atoms with Gasteiger partial charge in [0, 0.05) is 6.07 Å². The van der Waals surface area contributed by atoms with Crippen LogP contribution in [-0.4, -0.2) is 19.4 Å². The third-order valence-electron chi connectivity index (χ3n) is 4.26. The summed E-state index contributed by atoms with van der Waals surface area (Å²) in [5.41, 5.74) is 0.444. The second-order valence-corrected chi connectivity index (χ2v) is 6.70. The Hall–Kier alpha value is -3.13. The Morgan fingerprint density at radius 3 is 2.23 bits per heavy atom. The summed E-state index contributed by atoms with van der Waals surface area (Å²) >= 11 is 0. The molecule has 0 heterocycles. The molecule has 1 unspecified atom stereocenters. The number of para-hydroxylation sites is 1. The third kappa shape index (κ3) is 6.96. The monoisotopic (exact) mass is 438 g/mol. The lowest BCUT2D eigenvalue weighted by Gasteiger charge is -2.21. The van der Waals surface area contributed by atoms with Crippen LogP contribution in [0, 0.1) is 17.6 Å². The topological polar surface area (TPSA) is 27.7 Å². The first-order chi connectivity index (χ1) is 14.8. The van der Waals surface area contributed by atoms with E-state index in [1.54, 1.807) is 30.3 Å². The minimum absolute atomic E-state index is 0.00418. The Kier molecular flexibility index (Phi) is 7.46. The van der Waals surface area contributed by atoms with Crippen LogP contribution in [0.5, 0.6) is 17.2 Å². The van der Waals surface area contributed by atoms with E-state index < -0.39 is 36.9 Å². The molecule has 8 heteroatoms.